The lowest BCUT2D eigenvalue weighted by Gasteiger charge is -2.23. The van der Waals surface area contributed by atoms with Crippen LogP contribution in [0.1, 0.15) is 10.5 Å². The average Bonchev–Trinajstić information content (AvgIpc) is 3.25. The molecule has 0 unspecified atom stereocenters. The van der Waals surface area contributed by atoms with Crippen LogP contribution in [0.3, 0.4) is 0 Å². The predicted octanol–water partition coefficient (Wildman–Crippen LogP) is -0.00910. The van der Waals surface area contributed by atoms with Crippen molar-refractivity contribution in [2.75, 3.05) is 33.4 Å². The molecule has 4 heterocycles. The molecule has 4 rings (SSSR count). The lowest BCUT2D eigenvalue weighted by molar-refractivity contribution is -0.153. The first kappa shape index (κ1) is 14.1. The standard InChI is InChI=1S/C15H16N4O4/c1-22-14(21)15-8-18(6-10(15)7-23-9-15)13(20)11-5-16-12-3-2-4-17-19(11)12/h2-5,10H,6-9H2,1H3/t10-,15-/m0/s1. The van der Waals surface area contributed by atoms with Gasteiger partial charge in [0.05, 0.1) is 26.5 Å². The van der Waals surface area contributed by atoms with E-state index in [0.29, 0.717) is 37.6 Å². The van der Waals surface area contributed by atoms with E-state index in [-0.39, 0.29) is 17.8 Å². The van der Waals surface area contributed by atoms with Crippen molar-refractivity contribution in [3.63, 3.8) is 0 Å². The minimum absolute atomic E-state index is 0.0361. The highest BCUT2D eigenvalue weighted by Gasteiger charge is 2.57. The molecule has 2 aromatic rings. The van der Waals surface area contributed by atoms with Crippen molar-refractivity contribution < 1.29 is 19.1 Å². The highest BCUT2D eigenvalue weighted by molar-refractivity contribution is 5.94. The number of amides is 1. The van der Waals surface area contributed by atoms with E-state index in [1.807, 2.05) is 0 Å². The van der Waals surface area contributed by atoms with Crippen LogP contribution in [0.5, 0.6) is 0 Å². The number of aromatic nitrogens is 3. The van der Waals surface area contributed by atoms with Gasteiger partial charge in [0.25, 0.3) is 5.91 Å². The van der Waals surface area contributed by atoms with E-state index >= 15 is 0 Å². The smallest absolute Gasteiger partial charge is 0.316 e. The topological polar surface area (TPSA) is 86.0 Å². The highest BCUT2D eigenvalue weighted by Crippen LogP contribution is 2.42. The van der Waals surface area contributed by atoms with Gasteiger partial charge >= 0.3 is 5.97 Å². The minimum Gasteiger partial charge on any atom is -0.468 e. The van der Waals surface area contributed by atoms with E-state index in [1.54, 1.807) is 23.2 Å². The zero-order chi connectivity index (χ0) is 16.0. The summed E-state index contributed by atoms with van der Waals surface area (Å²) in [6.45, 7) is 1.51. The Hall–Kier alpha value is -2.48. The molecule has 120 valence electrons. The Labute approximate surface area is 132 Å². The van der Waals surface area contributed by atoms with Gasteiger partial charge < -0.3 is 14.4 Å². The third kappa shape index (κ3) is 1.94. The van der Waals surface area contributed by atoms with Gasteiger partial charge in [-0.2, -0.15) is 5.10 Å². The van der Waals surface area contributed by atoms with Crippen molar-refractivity contribution >= 4 is 17.5 Å². The monoisotopic (exact) mass is 316 g/mol. The lowest BCUT2D eigenvalue weighted by Crippen LogP contribution is -2.41. The molecule has 2 atom stereocenters. The number of fused-ring (bicyclic) bond motifs is 2. The van der Waals surface area contributed by atoms with Gasteiger partial charge in [-0.05, 0) is 12.1 Å². The van der Waals surface area contributed by atoms with Gasteiger partial charge in [0.2, 0.25) is 0 Å². The van der Waals surface area contributed by atoms with Crippen molar-refractivity contribution in [2.45, 2.75) is 0 Å². The van der Waals surface area contributed by atoms with Crippen LogP contribution in [0, 0.1) is 11.3 Å². The van der Waals surface area contributed by atoms with Crippen LogP contribution in [0.25, 0.3) is 5.65 Å². The summed E-state index contributed by atoms with van der Waals surface area (Å²) in [5.74, 6) is -0.536. The zero-order valence-corrected chi connectivity index (χ0v) is 12.6. The van der Waals surface area contributed by atoms with E-state index in [0.717, 1.165) is 0 Å². The van der Waals surface area contributed by atoms with Crippen molar-refractivity contribution in [1.82, 2.24) is 19.5 Å². The van der Waals surface area contributed by atoms with Crippen LogP contribution in [-0.2, 0) is 14.3 Å². The zero-order valence-electron chi connectivity index (χ0n) is 12.6. The molecular weight excluding hydrogens is 300 g/mol. The molecule has 2 saturated heterocycles. The number of nitrogens with zero attached hydrogens (tertiary/aromatic N) is 4. The third-order valence-corrected chi connectivity index (χ3v) is 4.75. The second kappa shape index (κ2) is 5.02. The molecule has 0 spiro atoms. The second-order valence-electron chi connectivity index (χ2n) is 5.98. The van der Waals surface area contributed by atoms with Crippen LogP contribution in [0.2, 0.25) is 0 Å². The fourth-order valence-electron chi connectivity index (χ4n) is 3.52. The summed E-state index contributed by atoms with van der Waals surface area (Å²) in [6, 6.07) is 3.55. The van der Waals surface area contributed by atoms with E-state index in [4.69, 9.17) is 9.47 Å². The number of likely N-dealkylation sites (tertiary alicyclic amines) is 1. The van der Waals surface area contributed by atoms with Crippen LogP contribution >= 0.6 is 0 Å². The second-order valence-corrected chi connectivity index (χ2v) is 5.98. The SMILES string of the molecule is COC(=O)[C@@]12COC[C@@H]1CN(C(=O)c1cnc3cccnn13)C2. The number of carbonyl (C=O) groups excluding carboxylic acids is 2. The molecule has 2 fully saturated rings. The summed E-state index contributed by atoms with van der Waals surface area (Å²) in [4.78, 5) is 30.9. The molecule has 0 radical (unpaired) electrons. The quantitative estimate of drug-likeness (QED) is 0.725. The molecule has 23 heavy (non-hydrogen) atoms. The van der Waals surface area contributed by atoms with E-state index in [2.05, 4.69) is 10.1 Å². The van der Waals surface area contributed by atoms with Gasteiger partial charge in [-0.3, -0.25) is 9.59 Å². The van der Waals surface area contributed by atoms with Crippen molar-refractivity contribution in [3.05, 3.63) is 30.2 Å². The summed E-state index contributed by atoms with van der Waals surface area (Å²) in [6.07, 6.45) is 3.12. The Balaban J connectivity index is 1.65. The number of ether oxygens (including phenoxy) is 2. The number of esters is 1. The summed E-state index contributed by atoms with van der Waals surface area (Å²) in [7, 11) is 1.37. The molecule has 8 heteroatoms. The number of hydrogen-bond acceptors (Lipinski definition) is 6. The largest absolute Gasteiger partial charge is 0.468 e. The van der Waals surface area contributed by atoms with Crippen LogP contribution in [0.15, 0.2) is 24.5 Å². The average molecular weight is 316 g/mol. The van der Waals surface area contributed by atoms with Gasteiger partial charge in [0.15, 0.2) is 11.3 Å². The molecule has 2 aromatic heterocycles. The van der Waals surface area contributed by atoms with Gasteiger partial charge in [0, 0.05) is 25.2 Å². The summed E-state index contributed by atoms with van der Waals surface area (Å²) >= 11 is 0. The van der Waals surface area contributed by atoms with Crippen LogP contribution in [0.4, 0.5) is 0 Å². The van der Waals surface area contributed by atoms with E-state index < -0.39 is 5.41 Å². The number of hydrogen-bond donors (Lipinski definition) is 0. The maximum absolute atomic E-state index is 12.8. The van der Waals surface area contributed by atoms with Gasteiger partial charge in [-0.25, -0.2) is 9.50 Å². The molecule has 2 aliphatic heterocycles. The first-order chi connectivity index (χ1) is 11.2. The predicted molar refractivity (Wildman–Crippen MR) is 77.6 cm³/mol. The van der Waals surface area contributed by atoms with E-state index in [9.17, 15) is 9.59 Å². The molecule has 0 aromatic carbocycles. The Bertz CT molecular complexity index is 789. The van der Waals surface area contributed by atoms with E-state index in [1.165, 1.54) is 17.8 Å². The number of carbonyl (C=O) groups is 2. The van der Waals surface area contributed by atoms with Crippen molar-refractivity contribution in [3.8, 4) is 0 Å². The molecule has 0 aliphatic carbocycles. The number of imidazole rings is 1. The molecular formula is C15H16N4O4. The maximum atomic E-state index is 12.8. The minimum atomic E-state index is -0.752. The Kier molecular flexibility index (Phi) is 3.08. The summed E-state index contributed by atoms with van der Waals surface area (Å²) < 4.78 is 11.9. The first-order valence-corrected chi connectivity index (χ1v) is 7.40. The number of methoxy groups -OCH3 is 1. The first-order valence-electron chi connectivity index (χ1n) is 7.40. The van der Waals surface area contributed by atoms with Crippen molar-refractivity contribution in [1.29, 1.82) is 0 Å². The lowest BCUT2D eigenvalue weighted by atomic mass is 9.81. The van der Waals surface area contributed by atoms with Crippen molar-refractivity contribution in [2.24, 2.45) is 11.3 Å². The van der Waals surface area contributed by atoms with Gasteiger partial charge in [0.1, 0.15) is 5.41 Å². The Morgan fingerprint density at radius 2 is 2.35 bits per heavy atom. The summed E-state index contributed by atoms with van der Waals surface area (Å²) in [5, 5.41) is 4.16. The van der Waals surface area contributed by atoms with Gasteiger partial charge in [-0.15, -0.1) is 0 Å². The molecule has 8 nitrogen and oxygen atoms in total. The Morgan fingerprint density at radius 1 is 1.48 bits per heavy atom. The fraction of sp³-hybridized carbons (Fsp3) is 0.467. The van der Waals surface area contributed by atoms with Crippen LogP contribution in [-0.4, -0.2) is 64.8 Å². The molecule has 1 amide bonds. The fourth-order valence-corrected chi connectivity index (χ4v) is 3.52. The van der Waals surface area contributed by atoms with Crippen LogP contribution < -0.4 is 0 Å². The van der Waals surface area contributed by atoms with Gasteiger partial charge in [-0.1, -0.05) is 0 Å². The normalized spacial score (nSPS) is 26.5. The Morgan fingerprint density at radius 3 is 3.17 bits per heavy atom. The molecule has 0 bridgehead atoms. The molecule has 0 saturated carbocycles. The summed E-state index contributed by atoms with van der Waals surface area (Å²) in [5.41, 5.74) is 0.251. The molecule has 0 N–H and O–H groups in total. The maximum Gasteiger partial charge on any atom is 0.316 e. The highest BCUT2D eigenvalue weighted by atomic mass is 16.5. The number of rotatable bonds is 2. The molecule has 2 aliphatic rings. The third-order valence-electron chi connectivity index (χ3n) is 4.75.